The van der Waals surface area contributed by atoms with E-state index >= 15 is 0 Å². The van der Waals surface area contributed by atoms with Crippen LogP contribution in [0.1, 0.15) is 37.3 Å². The van der Waals surface area contributed by atoms with E-state index in [-0.39, 0.29) is 17.5 Å². The molecular formula is C24H25N3O4. The van der Waals surface area contributed by atoms with Crippen LogP contribution in [-0.4, -0.2) is 40.8 Å². The molecule has 7 heteroatoms. The SMILES string of the molecule is COc1ccc(C2(C(=O)N3CCC(n4nc(-c5ccco5)ccc4=O)CC3)CC2)cc1. The van der Waals surface area contributed by atoms with Crippen molar-refractivity contribution in [3.05, 3.63) is 70.7 Å². The predicted octanol–water partition coefficient (Wildman–Crippen LogP) is 3.41. The van der Waals surface area contributed by atoms with Gasteiger partial charge in [0.25, 0.3) is 5.56 Å². The largest absolute Gasteiger partial charge is 0.497 e. The van der Waals surface area contributed by atoms with E-state index < -0.39 is 5.41 Å². The molecule has 7 nitrogen and oxygen atoms in total. The van der Waals surface area contributed by atoms with E-state index in [1.54, 1.807) is 30.2 Å². The minimum atomic E-state index is -0.395. The maximum absolute atomic E-state index is 13.4. The number of aromatic nitrogens is 2. The highest BCUT2D eigenvalue weighted by atomic mass is 16.5. The van der Waals surface area contributed by atoms with Crippen molar-refractivity contribution < 1.29 is 13.9 Å². The number of furan rings is 1. The molecule has 0 bridgehead atoms. The molecule has 31 heavy (non-hydrogen) atoms. The molecule has 1 saturated heterocycles. The first-order valence-corrected chi connectivity index (χ1v) is 10.7. The lowest BCUT2D eigenvalue weighted by atomic mass is 9.92. The van der Waals surface area contributed by atoms with E-state index in [2.05, 4.69) is 5.10 Å². The van der Waals surface area contributed by atoms with Crippen molar-refractivity contribution in [3.8, 4) is 17.2 Å². The van der Waals surface area contributed by atoms with Gasteiger partial charge in [-0.25, -0.2) is 4.68 Å². The Morgan fingerprint density at radius 2 is 1.84 bits per heavy atom. The van der Waals surface area contributed by atoms with Gasteiger partial charge in [-0.2, -0.15) is 5.10 Å². The average molecular weight is 419 g/mol. The Kier molecular flexibility index (Phi) is 4.88. The number of carbonyl (C=O) groups is 1. The number of ether oxygens (including phenoxy) is 1. The van der Waals surface area contributed by atoms with Crippen LogP contribution in [0.5, 0.6) is 5.75 Å². The lowest BCUT2D eigenvalue weighted by Crippen LogP contribution is -2.45. The fourth-order valence-corrected chi connectivity index (χ4v) is 4.52. The van der Waals surface area contributed by atoms with Crippen LogP contribution in [0.15, 0.2) is 64.0 Å². The van der Waals surface area contributed by atoms with E-state index in [1.807, 2.05) is 35.2 Å². The van der Waals surface area contributed by atoms with E-state index in [0.29, 0.717) is 37.4 Å². The van der Waals surface area contributed by atoms with Crippen LogP contribution in [0.25, 0.3) is 11.5 Å². The van der Waals surface area contributed by atoms with Crippen molar-refractivity contribution in [1.29, 1.82) is 0 Å². The second-order valence-corrected chi connectivity index (χ2v) is 8.31. The van der Waals surface area contributed by atoms with Gasteiger partial charge in [0.15, 0.2) is 5.76 Å². The zero-order chi connectivity index (χ0) is 21.4. The summed E-state index contributed by atoms with van der Waals surface area (Å²) in [5, 5.41) is 4.53. The number of carbonyl (C=O) groups excluding carboxylic acids is 1. The molecule has 0 radical (unpaired) electrons. The lowest BCUT2D eigenvalue weighted by molar-refractivity contribution is -0.135. The molecule has 1 aliphatic carbocycles. The van der Waals surface area contributed by atoms with Crippen molar-refractivity contribution >= 4 is 5.91 Å². The molecule has 1 saturated carbocycles. The minimum absolute atomic E-state index is 0.0254. The number of amides is 1. The van der Waals surface area contributed by atoms with Crippen LogP contribution in [-0.2, 0) is 10.2 Å². The van der Waals surface area contributed by atoms with Gasteiger partial charge in [0.2, 0.25) is 5.91 Å². The smallest absolute Gasteiger partial charge is 0.267 e. The minimum Gasteiger partial charge on any atom is -0.497 e. The summed E-state index contributed by atoms with van der Waals surface area (Å²) in [7, 11) is 1.64. The normalized spacial score (nSPS) is 18.0. The first-order chi connectivity index (χ1) is 15.1. The monoisotopic (exact) mass is 419 g/mol. The Hall–Kier alpha value is -3.35. The van der Waals surface area contributed by atoms with Gasteiger partial charge in [-0.05, 0) is 61.6 Å². The first kappa shape index (κ1) is 19.6. The third-order valence-electron chi connectivity index (χ3n) is 6.50. The molecule has 0 atom stereocenters. The number of benzene rings is 1. The van der Waals surface area contributed by atoms with Gasteiger partial charge in [0.05, 0.1) is 24.8 Å². The van der Waals surface area contributed by atoms with Crippen molar-refractivity contribution in [1.82, 2.24) is 14.7 Å². The fraction of sp³-hybridized carbons (Fsp3) is 0.375. The topological polar surface area (TPSA) is 77.6 Å². The molecule has 1 aromatic carbocycles. The van der Waals surface area contributed by atoms with E-state index in [4.69, 9.17) is 9.15 Å². The highest BCUT2D eigenvalue weighted by molar-refractivity contribution is 5.91. The van der Waals surface area contributed by atoms with Gasteiger partial charge in [0.1, 0.15) is 11.4 Å². The highest BCUT2D eigenvalue weighted by Crippen LogP contribution is 2.50. The summed E-state index contributed by atoms with van der Waals surface area (Å²) in [6.07, 6.45) is 4.76. The maximum Gasteiger partial charge on any atom is 0.267 e. The quantitative estimate of drug-likeness (QED) is 0.633. The number of hydrogen-bond acceptors (Lipinski definition) is 5. The standard InChI is InChI=1S/C24H25N3O4/c1-30-19-6-4-17(5-7-19)24(12-13-24)23(29)26-14-10-18(11-15-26)27-22(28)9-8-20(25-27)21-3-2-16-31-21/h2-9,16,18H,10-15H2,1H3. The Morgan fingerprint density at radius 3 is 2.45 bits per heavy atom. The molecule has 1 aliphatic heterocycles. The van der Waals surface area contributed by atoms with Crippen LogP contribution < -0.4 is 10.3 Å². The number of rotatable bonds is 5. The van der Waals surface area contributed by atoms with Gasteiger partial charge < -0.3 is 14.1 Å². The van der Waals surface area contributed by atoms with Crippen molar-refractivity contribution in [2.24, 2.45) is 0 Å². The summed E-state index contributed by atoms with van der Waals surface area (Å²) in [4.78, 5) is 27.7. The van der Waals surface area contributed by atoms with Gasteiger partial charge >= 0.3 is 0 Å². The fourth-order valence-electron chi connectivity index (χ4n) is 4.52. The van der Waals surface area contributed by atoms with Crippen LogP contribution in [0.2, 0.25) is 0 Å². The molecule has 1 amide bonds. The Morgan fingerprint density at radius 1 is 1.10 bits per heavy atom. The van der Waals surface area contributed by atoms with Crippen LogP contribution in [0, 0.1) is 0 Å². The molecule has 160 valence electrons. The van der Waals surface area contributed by atoms with Crippen molar-refractivity contribution in [2.75, 3.05) is 20.2 Å². The second-order valence-electron chi connectivity index (χ2n) is 8.31. The summed E-state index contributed by atoms with van der Waals surface area (Å²) < 4.78 is 12.2. The summed E-state index contributed by atoms with van der Waals surface area (Å²) in [6, 6.07) is 14.6. The second kappa shape index (κ2) is 7.72. The number of nitrogens with zero attached hydrogens (tertiary/aromatic N) is 3. The number of hydrogen-bond donors (Lipinski definition) is 0. The number of likely N-dealkylation sites (tertiary alicyclic amines) is 1. The maximum atomic E-state index is 13.4. The highest BCUT2D eigenvalue weighted by Gasteiger charge is 2.53. The van der Waals surface area contributed by atoms with E-state index in [0.717, 1.165) is 24.2 Å². The summed E-state index contributed by atoms with van der Waals surface area (Å²) in [6.45, 7) is 1.25. The Balaban J connectivity index is 1.29. The lowest BCUT2D eigenvalue weighted by Gasteiger charge is -2.34. The van der Waals surface area contributed by atoms with Crippen LogP contribution in [0.4, 0.5) is 0 Å². The number of methoxy groups -OCH3 is 1. The van der Waals surface area contributed by atoms with Gasteiger partial charge in [-0.3, -0.25) is 9.59 Å². The molecule has 2 aromatic heterocycles. The van der Waals surface area contributed by atoms with Crippen LogP contribution in [0.3, 0.4) is 0 Å². The third-order valence-corrected chi connectivity index (χ3v) is 6.50. The van der Waals surface area contributed by atoms with E-state index in [9.17, 15) is 9.59 Å². The number of piperidine rings is 1. The van der Waals surface area contributed by atoms with Crippen molar-refractivity contribution in [3.63, 3.8) is 0 Å². The molecule has 0 spiro atoms. The molecule has 3 heterocycles. The third kappa shape index (κ3) is 3.54. The summed E-state index contributed by atoms with van der Waals surface area (Å²) >= 11 is 0. The van der Waals surface area contributed by atoms with Crippen LogP contribution >= 0.6 is 0 Å². The predicted molar refractivity (Wildman–Crippen MR) is 115 cm³/mol. The zero-order valence-corrected chi connectivity index (χ0v) is 17.5. The summed E-state index contributed by atoms with van der Waals surface area (Å²) in [5.41, 5.74) is 1.17. The molecule has 3 aromatic rings. The molecular weight excluding hydrogens is 394 g/mol. The van der Waals surface area contributed by atoms with Gasteiger partial charge in [-0.1, -0.05) is 12.1 Å². The molecule has 0 unspecified atom stereocenters. The van der Waals surface area contributed by atoms with Crippen molar-refractivity contribution in [2.45, 2.75) is 37.1 Å². The van der Waals surface area contributed by atoms with Gasteiger partial charge in [-0.15, -0.1) is 0 Å². The molecule has 2 aliphatic rings. The van der Waals surface area contributed by atoms with Gasteiger partial charge in [0, 0.05) is 19.2 Å². The molecule has 0 N–H and O–H groups in total. The summed E-state index contributed by atoms with van der Waals surface area (Å²) in [5.74, 6) is 1.62. The first-order valence-electron chi connectivity index (χ1n) is 10.7. The molecule has 2 fully saturated rings. The Bertz CT molecular complexity index is 1120. The molecule has 5 rings (SSSR count). The zero-order valence-electron chi connectivity index (χ0n) is 17.5. The van der Waals surface area contributed by atoms with E-state index in [1.165, 1.54) is 6.07 Å². The Labute approximate surface area is 180 Å². The average Bonchev–Trinajstić information content (AvgIpc) is 3.45.